The molecule has 6 aliphatic rings. The van der Waals surface area contributed by atoms with Crippen LogP contribution in [-0.2, 0) is 44.7 Å². The van der Waals surface area contributed by atoms with Gasteiger partial charge < -0.3 is 20.1 Å². The average molecular weight is 653 g/mol. The summed E-state index contributed by atoms with van der Waals surface area (Å²) in [5.41, 5.74) is 2.46. The standard InChI is InChI=1S/C35H44N2O6S2/c1-3-42-33(40)26-22-9-5-7-11-24(22)44-31(26)36-29(38)28(35-16-19-13-20(17-35)15-21(14-19)18-35)30(39)37-32-27(34(41)43-4-2)23-10-6-8-12-25(23)45-32/h19-21,28H,3-18H2,1-2H3,(H,36,38)(H,37,39). The zero-order valence-electron chi connectivity index (χ0n) is 26.4. The molecule has 6 aliphatic carbocycles. The zero-order chi connectivity index (χ0) is 31.3. The van der Waals surface area contributed by atoms with Gasteiger partial charge in [-0.25, -0.2) is 9.59 Å². The minimum absolute atomic E-state index is 0.253. The van der Waals surface area contributed by atoms with E-state index in [1.165, 1.54) is 41.9 Å². The van der Waals surface area contributed by atoms with Crippen molar-refractivity contribution in [1.29, 1.82) is 0 Å². The minimum Gasteiger partial charge on any atom is -0.462 e. The summed E-state index contributed by atoms with van der Waals surface area (Å²) in [5.74, 6) is -0.852. The van der Waals surface area contributed by atoms with Gasteiger partial charge in [-0.3, -0.25) is 9.59 Å². The summed E-state index contributed by atoms with van der Waals surface area (Å²) in [4.78, 5) is 57.9. The number of hydrogen-bond acceptors (Lipinski definition) is 8. The first-order valence-corrected chi connectivity index (χ1v) is 18.7. The number of fused-ring (bicyclic) bond motifs is 2. The fourth-order valence-corrected chi connectivity index (χ4v) is 12.3. The van der Waals surface area contributed by atoms with Crippen LogP contribution in [0.25, 0.3) is 0 Å². The van der Waals surface area contributed by atoms with Gasteiger partial charge in [0.05, 0.1) is 24.3 Å². The molecule has 8 nitrogen and oxygen atoms in total. The van der Waals surface area contributed by atoms with Crippen LogP contribution in [0, 0.1) is 29.1 Å². The quantitative estimate of drug-likeness (QED) is 0.217. The Morgan fingerprint density at radius 2 is 1.09 bits per heavy atom. The molecule has 2 N–H and O–H groups in total. The molecule has 2 amide bonds. The minimum atomic E-state index is -0.936. The Labute approximate surface area is 273 Å². The first-order chi connectivity index (χ1) is 21.8. The molecular weight excluding hydrogens is 609 g/mol. The number of rotatable bonds is 9. The van der Waals surface area contributed by atoms with E-state index in [0.29, 0.717) is 38.9 Å². The lowest BCUT2D eigenvalue weighted by Crippen LogP contribution is -2.55. The number of hydrogen-bond donors (Lipinski definition) is 2. The number of carbonyl (C=O) groups is 4. The average Bonchev–Trinajstić information content (AvgIpc) is 3.54. The van der Waals surface area contributed by atoms with E-state index < -0.39 is 23.3 Å². The summed E-state index contributed by atoms with van der Waals surface area (Å²) < 4.78 is 10.9. The molecule has 0 unspecified atom stereocenters. The van der Waals surface area contributed by atoms with Gasteiger partial charge in [0.2, 0.25) is 11.8 Å². The highest BCUT2D eigenvalue weighted by Crippen LogP contribution is 2.63. The summed E-state index contributed by atoms with van der Waals surface area (Å²) in [7, 11) is 0. The van der Waals surface area contributed by atoms with Crippen LogP contribution in [-0.4, -0.2) is 37.0 Å². The molecule has 0 aromatic carbocycles. The number of esters is 2. The predicted octanol–water partition coefficient (Wildman–Crippen LogP) is 7.33. The SMILES string of the molecule is CCOC(=O)c1c(NC(=O)C(C(=O)Nc2sc3c(c2C(=O)OCC)CCCC3)C23CC4CC(CC(C4)C2)C3)sc2c1CCCC2. The second-order valence-electron chi connectivity index (χ2n) is 14.0. The molecule has 10 heteroatoms. The van der Waals surface area contributed by atoms with Crippen molar-refractivity contribution in [3.8, 4) is 0 Å². The molecule has 45 heavy (non-hydrogen) atoms. The Balaban J connectivity index is 1.25. The van der Waals surface area contributed by atoms with Crippen molar-refractivity contribution < 1.29 is 28.7 Å². The highest BCUT2D eigenvalue weighted by Gasteiger charge is 2.58. The van der Waals surface area contributed by atoms with Gasteiger partial charge in [-0.2, -0.15) is 0 Å². The highest BCUT2D eigenvalue weighted by atomic mass is 32.1. The van der Waals surface area contributed by atoms with E-state index >= 15 is 0 Å². The third kappa shape index (κ3) is 5.64. The monoisotopic (exact) mass is 652 g/mol. The molecule has 0 saturated heterocycles. The Bertz CT molecular complexity index is 1400. The van der Waals surface area contributed by atoms with Gasteiger partial charge in [0, 0.05) is 9.75 Å². The fraction of sp³-hybridized carbons (Fsp3) is 0.657. The number of carbonyl (C=O) groups excluding carboxylic acids is 4. The summed E-state index contributed by atoms with van der Waals surface area (Å²) in [5, 5.41) is 7.28. The Kier molecular flexibility index (Phi) is 8.57. The summed E-state index contributed by atoms with van der Waals surface area (Å²) in [6.07, 6.45) is 13.6. The lowest BCUT2D eigenvalue weighted by molar-refractivity contribution is -0.147. The topological polar surface area (TPSA) is 111 Å². The van der Waals surface area contributed by atoms with Crippen molar-refractivity contribution in [3.63, 3.8) is 0 Å². The van der Waals surface area contributed by atoms with E-state index in [9.17, 15) is 19.2 Å². The molecule has 8 rings (SSSR count). The van der Waals surface area contributed by atoms with Crippen LogP contribution >= 0.6 is 22.7 Å². The molecule has 0 spiro atoms. The normalized spacial score (nSPS) is 26.2. The molecule has 2 heterocycles. The van der Waals surface area contributed by atoms with E-state index in [0.717, 1.165) is 91.5 Å². The van der Waals surface area contributed by atoms with Gasteiger partial charge in [-0.1, -0.05) is 0 Å². The van der Waals surface area contributed by atoms with Gasteiger partial charge in [0.15, 0.2) is 0 Å². The number of amides is 2. The molecule has 4 fully saturated rings. The summed E-state index contributed by atoms with van der Waals surface area (Å²) >= 11 is 2.92. The Morgan fingerprint density at radius 3 is 1.49 bits per heavy atom. The predicted molar refractivity (Wildman–Crippen MR) is 175 cm³/mol. The number of aryl methyl sites for hydroxylation is 2. The maximum atomic E-state index is 14.6. The van der Waals surface area contributed by atoms with Crippen LogP contribution in [0.15, 0.2) is 0 Å². The number of thiophene rings is 2. The van der Waals surface area contributed by atoms with Gasteiger partial charge in [-0.05, 0) is 138 Å². The van der Waals surface area contributed by atoms with E-state index in [4.69, 9.17) is 9.47 Å². The second kappa shape index (κ2) is 12.5. The summed E-state index contributed by atoms with van der Waals surface area (Å²) in [6, 6.07) is 0. The van der Waals surface area contributed by atoms with E-state index in [1.807, 2.05) is 0 Å². The van der Waals surface area contributed by atoms with E-state index in [-0.39, 0.29) is 25.0 Å². The number of ether oxygens (including phenoxy) is 2. The molecule has 4 saturated carbocycles. The van der Waals surface area contributed by atoms with Crippen LogP contribution in [0.2, 0.25) is 0 Å². The van der Waals surface area contributed by atoms with Crippen molar-refractivity contribution >= 4 is 56.4 Å². The molecular formula is C35H44N2O6S2. The van der Waals surface area contributed by atoms with Gasteiger partial charge >= 0.3 is 11.9 Å². The molecule has 2 aromatic rings. The molecule has 2 aromatic heterocycles. The van der Waals surface area contributed by atoms with Crippen molar-refractivity contribution in [2.75, 3.05) is 23.8 Å². The van der Waals surface area contributed by atoms with Crippen LogP contribution in [0.1, 0.15) is 120 Å². The second-order valence-corrected chi connectivity index (χ2v) is 16.2. The van der Waals surface area contributed by atoms with Crippen LogP contribution < -0.4 is 10.6 Å². The molecule has 0 radical (unpaired) electrons. The lowest BCUT2D eigenvalue weighted by Gasteiger charge is -2.58. The molecule has 242 valence electrons. The maximum Gasteiger partial charge on any atom is 0.341 e. The zero-order valence-corrected chi connectivity index (χ0v) is 28.0. The van der Waals surface area contributed by atoms with Crippen LogP contribution in [0.4, 0.5) is 10.0 Å². The van der Waals surface area contributed by atoms with E-state index in [2.05, 4.69) is 10.6 Å². The summed E-state index contributed by atoms with van der Waals surface area (Å²) in [6.45, 7) is 4.08. The maximum absolute atomic E-state index is 14.6. The fourth-order valence-electron chi connectivity index (χ4n) is 9.72. The largest absolute Gasteiger partial charge is 0.462 e. The van der Waals surface area contributed by atoms with Crippen molar-refractivity contribution in [2.24, 2.45) is 29.1 Å². The highest BCUT2D eigenvalue weighted by molar-refractivity contribution is 7.17. The third-order valence-electron chi connectivity index (χ3n) is 11.0. The van der Waals surface area contributed by atoms with Crippen LogP contribution in [0.3, 0.4) is 0 Å². The van der Waals surface area contributed by atoms with Crippen LogP contribution in [0.5, 0.6) is 0 Å². The number of nitrogens with one attached hydrogen (secondary N) is 2. The number of anilines is 2. The molecule has 0 aliphatic heterocycles. The van der Waals surface area contributed by atoms with Gasteiger partial charge in [-0.15, -0.1) is 22.7 Å². The van der Waals surface area contributed by atoms with Gasteiger partial charge in [0.25, 0.3) is 0 Å². The lowest BCUT2D eigenvalue weighted by atomic mass is 9.46. The smallest absolute Gasteiger partial charge is 0.341 e. The third-order valence-corrected chi connectivity index (χ3v) is 13.4. The Morgan fingerprint density at radius 1 is 0.689 bits per heavy atom. The molecule has 4 bridgehead atoms. The Hall–Kier alpha value is -2.72. The van der Waals surface area contributed by atoms with Crippen molar-refractivity contribution in [1.82, 2.24) is 0 Å². The van der Waals surface area contributed by atoms with Crippen molar-refractivity contribution in [2.45, 2.75) is 104 Å². The molecule has 0 atom stereocenters. The van der Waals surface area contributed by atoms with Gasteiger partial charge in [0.1, 0.15) is 15.9 Å². The first kappa shape index (κ1) is 30.9. The van der Waals surface area contributed by atoms with Crippen molar-refractivity contribution in [3.05, 3.63) is 32.0 Å². The van der Waals surface area contributed by atoms with E-state index in [1.54, 1.807) is 13.8 Å². The first-order valence-electron chi connectivity index (χ1n) is 17.0.